The molecule has 0 aliphatic heterocycles. The predicted octanol–water partition coefficient (Wildman–Crippen LogP) is 4.59. The zero-order chi connectivity index (χ0) is 26.5. The first kappa shape index (κ1) is 28.0. The topological polar surface area (TPSA) is 86.8 Å². The molecule has 0 bridgehead atoms. The van der Waals surface area contributed by atoms with E-state index in [4.69, 9.17) is 11.6 Å². The van der Waals surface area contributed by atoms with E-state index in [1.807, 2.05) is 39.0 Å². The van der Waals surface area contributed by atoms with Crippen molar-refractivity contribution in [2.75, 3.05) is 17.1 Å². The third kappa shape index (κ3) is 6.79. The first-order valence-corrected chi connectivity index (χ1v) is 14.6. The molecule has 7 nitrogen and oxygen atoms in total. The number of anilines is 1. The van der Waals surface area contributed by atoms with Crippen molar-refractivity contribution in [3.63, 3.8) is 0 Å². The van der Waals surface area contributed by atoms with E-state index in [1.54, 1.807) is 24.3 Å². The van der Waals surface area contributed by atoms with Crippen LogP contribution in [0.5, 0.6) is 0 Å². The Morgan fingerprint density at radius 2 is 1.75 bits per heavy atom. The molecule has 0 spiro atoms. The highest BCUT2D eigenvalue weighted by atomic mass is 35.5. The Balaban J connectivity index is 1.96. The summed E-state index contributed by atoms with van der Waals surface area (Å²) >= 11 is 6.41. The second kappa shape index (κ2) is 12.1. The van der Waals surface area contributed by atoms with Gasteiger partial charge in [-0.15, -0.1) is 0 Å². The lowest BCUT2D eigenvalue weighted by molar-refractivity contribution is -0.140. The molecule has 1 saturated carbocycles. The summed E-state index contributed by atoms with van der Waals surface area (Å²) in [6.45, 7) is 5.26. The number of hydrogen-bond acceptors (Lipinski definition) is 4. The molecular weight excluding hydrogens is 498 g/mol. The minimum Gasteiger partial charge on any atom is -0.352 e. The van der Waals surface area contributed by atoms with Crippen molar-refractivity contribution in [2.24, 2.45) is 0 Å². The standard InChI is InChI=1S/C27H36ClN3O4S/c1-5-24(27(33)29-22-13-7-8-14-22)30(17-21-12-6-9-15-23(21)28)26(32)18-31(36(4,34)35)25-16-10-11-19(2)20(25)3/h6,9-12,15-16,22,24H,5,7-8,13-14,17-18H2,1-4H3,(H,29,33). The van der Waals surface area contributed by atoms with E-state index < -0.39 is 28.5 Å². The maximum atomic E-state index is 13.8. The molecule has 0 saturated heterocycles. The summed E-state index contributed by atoms with van der Waals surface area (Å²) in [5.41, 5.74) is 2.84. The molecule has 9 heteroatoms. The summed E-state index contributed by atoms with van der Waals surface area (Å²) in [4.78, 5) is 28.6. The first-order chi connectivity index (χ1) is 17.0. The molecular formula is C27H36ClN3O4S. The lowest BCUT2D eigenvalue weighted by atomic mass is 10.1. The molecule has 1 unspecified atom stereocenters. The van der Waals surface area contributed by atoms with Gasteiger partial charge in [-0.2, -0.15) is 0 Å². The molecule has 2 aromatic carbocycles. The largest absolute Gasteiger partial charge is 0.352 e. The van der Waals surface area contributed by atoms with E-state index in [-0.39, 0.29) is 18.5 Å². The maximum Gasteiger partial charge on any atom is 0.244 e. The lowest BCUT2D eigenvalue weighted by Crippen LogP contribution is -2.53. The first-order valence-electron chi connectivity index (χ1n) is 12.4. The van der Waals surface area contributed by atoms with Crippen molar-refractivity contribution in [3.8, 4) is 0 Å². The lowest BCUT2D eigenvalue weighted by Gasteiger charge is -2.34. The number of hydrogen-bond donors (Lipinski definition) is 1. The van der Waals surface area contributed by atoms with Crippen LogP contribution in [0.4, 0.5) is 5.69 Å². The number of nitrogens with zero attached hydrogens (tertiary/aromatic N) is 2. The normalized spacial score (nSPS) is 14.9. The van der Waals surface area contributed by atoms with Crippen molar-refractivity contribution in [3.05, 3.63) is 64.2 Å². The van der Waals surface area contributed by atoms with Crippen LogP contribution in [0, 0.1) is 13.8 Å². The Bertz CT molecular complexity index is 1200. The number of rotatable bonds is 10. The van der Waals surface area contributed by atoms with Gasteiger partial charge in [-0.05, 0) is 61.9 Å². The van der Waals surface area contributed by atoms with Gasteiger partial charge >= 0.3 is 0 Å². The fourth-order valence-electron chi connectivity index (χ4n) is 4.70. The number of sulfonamides is 1. The molecule has 2 aromatic rings. The van der Waals surface area contributed by atoms with Crippen molar-refractivity contribution in [1.82, 2.24) is 10.2 Å². The van der Waals surface area contributed by atoms with Gasteiger partial charge in [-0.1, -0.05) is 61.7 Å². The number of aryl methyl sites for hydroxylation is 1. The summed E-state index contributed by atoms with van der Waals surface area (Å²) in [6, 6.07) is 11.9. The third-order valence-electron chi connectivity index (χ3n) is 6.91. The highest BCUT2D eigenvalue weighted by Gasteiger charge is 2.33. The molecule has 1 aliphatic rings. The summed E-state index contributed by atoms with van der Waals surface area (Å²) in [5, 5.41) is 3.58. The quantitative estimate of drug-likeness (QED) is 0.484. The van der Waals surface area contributed by atoms with E-state index in [0.717, 1.165) is 47.4 Å². The van der Waals surface area contributed by atoms with Gasteiger partial charge in [0.25, 0.3) is 0 Å². The zero-order valence-corrected chi connectivity index (χ0v) is 23.0. The zero-order valence-electron chi connectivity index (χ0n) is 21.5. The SMILES string of the molecule is CCC(C(=O)NC1CCCC1)N(Cc1ccccc1Cl)C(=O)CN(c1cccc(C)c1C)S(C)(=O)=O. The van der Waals surface area contributed by atoms with Gasteiger partial charge in [0, 0.05) is 17.6 Å². The minimum absolute atomic E-state index is 0.0967. The summed E-state index contributed by atoms with van der Waals surface area (Å²) in [5.74, 6) is -0.683. The molecule has 1 N–H and O–H groups in total. The Labute approximate surface area is 219 Å². The van der Waals surface area contributed by atoms with Gasteiger partial charge < -0.3 is 10.2 Å². The Hall–Kier alpha value is -2.58. The van der Waals surface area contributed by atoms with E-state index in [1.165, 1.54) is 4.90 Å². The number of nitrogens with one attached hydrogen (secondary N) is 1. The summed E-state index contributed by atoms with van der Waals surface area (Å²) in [6.07, 6.45) is 5.47. The number of halogens is 1. The van der Waals surface area contributed by atoms with Crippen LogP contribution in [0.2, 0.25) is 5.02 Å². The van der Waals surface area contributed by atoms with Crippen LogP contribution in [0.1, 0.15) is 55.7 Å². The number of carbonyl (C=O) groups is 2. The third-order valence-corrected chi connectivity index (χ3v) is 8.41. The van der Waals surface area contributed by atoms with Crippen molar-refractivity contribution >= 4 is 39.1 Å². The van der Waals surface area contributed by atoms with Crippen molar-refractivity contribution < 1.29 is 18.0 Å². The monoisotopic (exact) mass is 533 g/mol. The maximum absolute atomic E-state index is 13.8. The van der Waals surface area contributed by atoms with Crippen LogP contribution in [0.25, 0.3) is 0 Å². The van der Waals surface area contributed by atoms with Gasteiger partial charge in [0.2, 0.25) is 21.8 Å². The highest BCUT2D eigenvalue weighted by molar-refractivity contribution is 7.92. The van der Waals surface area contributed by atoms with Crippen LogP contribution >= 0.6 is 11.6 Å². The average molecular weight is 534 g/mol. The number of benzene rings is 2. The van der Waals surface area contributed by atoms with Gasteiger partial charge in [0.15, 0.2) is 0 Å². The van der Waals surface area contributed by atoms with Crippen molar-refractivity contribution in [1.29, 1.82) is 0 Å². The smallest absolute Gasteiger partial charge is 0.244 e. The minimum atomic E-state index is -3.78. The molecule has 36 heavy (non-hydrogen) atoms. The molecule has 2 amide bonds. The highest BCUT2D eigenvalue weighted by Crippen LogP contribution is 2.26. The second-order valence-corrected chi connectivity index (χ2v) is 11.8. The van der Waals surface area contributed by atoms with Crippen LogP contribution in [0.3, 0.4) is 0 Å². The Kier molecular flexibility index (Phi) is 9.41. The average Bonchev–Trinajstić information content (AvgIpc) is 3.33. The van der Waals surface area contributed by atoms with Gasteiger partial charge in [0.05, 0.1) is 11.9 Å². The molecule has 0 aromatic heterocycles. The van der Waals surface area contributed by atoms with Gasteiger partial charge in [0.1, 0.15) is 12.6 Å². The molecule has 196 valence electrons. The molecule has 1 fully saturated rings. The molecule has 1 aliphatic carbocycles. The predicted molar refractivity (Wildman–Crippen MR) is 145 cm³/mol. The summed E-state index contributed by atoms with van der Waals surface area (Å²) in [7, 11) is -3.78. The van der Waals surface area contributed by atoms with E-state index in [2.05, 4.69) is 5.32 Å². The molecule has 0 radical (unpaired) electrons. The van der Waals surface area contributed by atoms with Crippen LogP contribution in [-0.4, -0.2) is 50.0 Å². The molecule has 0 heterocycles. The Morgan fingerprint density at radius 3 is 2.36 bits per heavy atom. The fourth-order valence-corrected chi connectivity index (χ4v) is 5.79. The van der Waals surface area contributed by atoms with E-state index in [0.29, 0.717) is 22.7 Å². The number of amides is 2. The van der Waals surface area contributed by atoms with Crippen LogP contribution in [0.15, 0.2) is 42.5 Å². The van der Waals surface area contributed by atoms with Crippen molar-refractivity contribution in [2.45, 2.75) is 71.5 Å². The van der Waals surface area contributed by atoms with Gasteiger partial charge in [-0.25, -0.2) is 8.42 Å². The summed E-state index contributed by atoms with van der Waals surface area (Å²) < 4.78 is 26.8. The molecule has 1 atom stereocenters. The van der Waals surface area contributed by atoms with E-state index >= 15 is 0 Å². The van der Waals surface area contributed by atoms with E-state index in [9.17, 15) is 18.0 Å². The van der Waals surface area contributed by atoms with Crippen LogP contribution in [-0.2, 0) is 26.2 Å². The second-order valence-electron chi connectivity index (χ2n) is 9.52. The van der Waals surface area contributed by atoms with Gasteiger partial charge in [-0.3, -0.25) is 13.9 Å². The van der Waals surface area contributed by atoms with Crippen LogP contribution < -0.4 is 9.62 Å². The number of carbonyl (C=O) groups excluding carboxylic acids is 2. The fraction of sp³-hybridized carbons (Fsp3) is 0.481. The molecule has 3 rings (SSSR count). The Morgan fingerprint density at radius 1 is 1.08 bits per heavy atom.